The molecule has 0 fully saturated rings. The number of hydrogen-bond acceptors (Lipinski definition) is 5. The molecule has 0 heterocycles. The predicted molar refractivity (Wildman–Crippen MR) is 37.0 cm³/mol. The number of nitrogens with one attached hydrogen (secondary N) is 1. The smallest absolute Gasteiger partial charge is 0.396 e. The van der Waals surface area contributed by atoms with E-state index in [0.717, 1.165) is 7.11 Å². The van der Waals surface area contributed by atoms with Crippen LogP contribution in [-0.2, 0) is 23.9 Å². The van der Waals surface area contributed by atoms with Crippen molar-refractivity contribution in [3.8, 4) is 0 Å². The lowest BCUT2D eigenvalue weighted by molar-refractivity contribution is -0.153. The quantitative estimate of drug-likeness (QED) is 0.406. The molecule has 1 amide bonds. The van der Waals surface area contributed by atoms with Gasteiger partial charge in [-0.3, -0.25) is 9.59 Å². The van der Waals surface area contributed by atoms with E-state index in [1.807, 2.05) is 5.32 Å². The molecule has 6 heteroatoms. The number of esters is 2. The summed E-state index contributed by atoms with van der Waals surface area (Å²) in [4.78, 5) is 31.5. The van der Waals surface area contributed by atoms with E-state index < -0.39 is 17.8 Å². The Morgan fingerprint density at radius 2 is 1.75 bits per heavy atom. The molecule has 0 aromatic carbocycles. The van der Waals surface area contributed by atoms with Gasteiger partial charge in [-0.25, -0.2) is 4.79 Å². The molecule has 12 heavy (non-hydrogen) atoms. The van der Waals surface area contributed by atoms with E-state index in [9.17, 15) is 14.4 Å². The Hall–Kier alpha value is -1.59. The van der Waals surface area contributed by atoms with Gasteiger partial charge < -0.3 is 14.8 Å². The summed E-state index contributed by atoms with van der Waals surface area (Å²) in [5, 5.41) is 2.00. The molecule has 68 valence electrons. The Labute approximate surface area is 68.8 Å². The summed E-state index contributed by atoms with van der Waals surface area (Å²) in [5.74, 6) is -2.64. The summed E-state index contributed by atoms with van der Waals surface area (Å²) in [7, 11) is 2.24. The van der Waals surface area contributed by atoms with Crippen molar-refractivity contribution in [3.63, 3.8) is 0 Å². The fourth-order valence-corrected chi connectivity index (χ4v) is 0.389. The molecule has 0 atom stereocenters. The molecule has 1 N–H and O–H groups in total. The van der Waals surface area contributed by atoms with Crippen molar-refractivity contribution in [2.45, 2.75) is 0 Å². The van der Waals surface area contributed by atoms with Crippen LogP contribution in [0.4, 0.5) is 0 Å². The lowest BCUT2D eigenvalue weighted by Crippen LogP contribution is -2.35. The van der Waals surface area contributed by atoms with Crippen LogP contribution < -0.4 is 5.32 Å². The van der Waals surface area contributed by atoms with Gasteiger partial charge in [0.1, 0.15) is 6.54 Å². The standard InChI is InChI=1S/C6H9NO5/c1-11-4(8)3-7-5(9)6(10)12-2/h3H2,1-2H3,(H,7,9). The molecule has 0 aliphatic heterocycles. The Morgan fingerprint density at radius 1 is 1.17 bits per heavy atom. The normalized spacial score (nSPS) is 8.50. The molecule has 0 bridgehead atoms. The molecular formula is C6H9NO5. The van der Waals surface area contributed by atoms with E-state index >= 15 is 0 Å². The minimum absolute atomic E-state index is 0.343. The topological polar surface area (TPSA) is 81.7 Å². The first-order chi connectivity index (χ1) is 5.61. The second kappa shape index (κ2) is 5.11. The Bertz CT molecular complexity index is 200. The van der Waals surface area contributed by atoms with Gasteiger partial charge in [0.25, 0.3) is 0 Å². The minimum Gasteiger partial charge on any atom is -0.468 e. The van der Waals surface area contributed by atoms with Gasteiger partial charge in [-0.15, -0.1) is 0 Å². The maximum atomic E-state index is 10.6. The summed E-state index contributed by atoms with van der Waals surface area (Å²) < 4.78 is 8.28. The van der Waals surface area contributed by atoms with Crippen molar-refractivity contribution in [1.82, 2.24) is 5.32 Å². The van der Waals surface area contributed by atoms with Crippen LogP contribution in [0.3, 0.4) is 0 Å². The first kappa shape index (κ1) is 10.4. The van der Waals surface area contributed by atoms with Crippen LogP contribution in [0.2, 0.25) is 0 Å². The Morgan fingerprint density at radius 3 is 2.17 bits per heavy atom. The van der Waals surface area contributed by atoms with Gasteiger partial charge in [0.05, 0.1) is 14.2 Å². The molecule has 0 rings (SSSR count). The van der Waals surface area contributed by atoms with Gasteiger partial charge in [-0.2, -0.15) is 0 Å². The molecular weight excluding hydrogens is 166 g/mol. The molecule has 0 aromatic rings. The average Bonchev–Trinajstić information content (AvgIpc) is 2.11. The lowest BCUT2D eigenvalue weighted by atomic mass is 10.5. The van der Waals surface area contributed by atoms with Crippen molar-refractivity contribution < 1.29 is 23.9 Å². The maximum absolute atomic E-state index is 10.6. The largest absolute Gasteiger partial charge is 0.468 e. The zero-order chi connectivity index (χ0) is 9.56. The summed E-state index contributed by atoms with van der Waals surface area (Å²) in [6.07, 6.45) is 0. The third kappa shape index (κ3) is 3.55. The first-order valence-electron chi connectivity index (χ1n) is 3.04. The summed E-state index contributed by atoms with van der Waals surface area (Å²) >= 11 is 0. The summed E-state index contributed by atoms with van der Waals surface area (Å²) in [6.45, 7) is -0.343. The maximum Gasteiger partial charge on any atom is 0.396 e. The summed E-state index contributed by atoms with van der Waals surface area (Å²) in [5.41, 5.74) is 0. The molecule has 6 nitrogen and oxygen atoms in total. The third-order valence-corrected chi connectivity index (χ3v) is 0.992. The number of rotatable bonds is 2. The molecule has 0 aliphatic carbocycles. The monoisotopic (exact) mass is 175 g/mol. The number of hydrogen-bond donors (Lipinski definition) is 1. The minimum atomic E-state index is -1.04. The van der Waals surface area contributed by atoms with Crippen molar-refractivity contribution in [2.24, 2.45) is 0 Å². The van der Waals surface area contributed by atoms with Crippen LogP contribution in [0.5, 0.6) is 0 Å². The van der Waals surface area contributed by atoms with Crippen LogP contribution >= 0.6 is 0 Å². The van der Waals surface area contributed by atoms with E-state index in [0.29, 0.717) is 0 Å². The van der Waals surface area contributed by atoms with Crippen molar-refractivity contribution in [2.75, 3.05) is 20.8 Å². The van der Waals surface area contributed by atoms with Crippen LogP contribution in [0.1, 0.15) is 0 Å². The van der Waals surface area contributed by atoms with E-state index in [4.69, 9.17) is 0 Å². The van der Waals surface area contributed by atoms with Gasteiger partial charge in [0.15, 0.2) is 0 Å². The van der Waals surface area contributed by atoms with Crippen LogP contribution in [0.25, 0.3) is 0 Å². The molecule has 0 spiro atoms. The van der Waals surface area contributed by atoms with E-state index in [1.165, 1.54) is 7.11 Å². The molecule has 0 radical (unpaired) electrons. The van der Waals surface area contributed by atoms with Crippen LogP contribution in [0.15, 0.2) is 0 Å². The highest BCUT2D eigenvalue weighted by molar-refractivity contribution is 6.32. The van der Waals surface area contributed by atoms with Crippen molar-refractivity contribution in [3.05, 3.63) is 0 Å². The number of methoxy groups -OCH3 is 2. The van der Waals surface area contributed by atoms with Gasteiger partial charge in [-0.05, 0) is 0 Å². The van der Waals surface area contributed by atoms with Crippen molar-refractivity contribution >= 4 is 17.8 Å². The van der Waals surface area contributed by atoms with Crippen molar-refractivity contribution in [1.29, 1.82) is 0 Å². The fraction of sp³-hybridized carbons (Fsp3) is 0.500. The van der Waals surface area contributed by atoms with Gasteiger partial charge in [-0.1, -0.05) is 0 Å². The van der Waals surface area contributed by atoms with E-state index in [-0.39, 0.29) is 6.54 Å². The first-order valence-corrected chi connectivity index (χ1v) is 3.04. The average molecular weight is 175 g/mol. The highest BCUT2D eigenvalue weighted by Gasteiger charge is 2.14. The van der Waals surface area contributed by atoms with E-state index in [1.54, 1.807) is 0 Å². The number of carbonyl (C=O) groups is 3. The molecule has 0 unspecified atom stereocenters. The Kier molecular flexibility index (Phi) is 4.43. The van der Waals surface area contributed by atoms with E-state index in [2.05, 4.69) is 9.47 Å². The Balaban J connectivity index is 3.72. The number of ether oxygens (including phenoxy) is 2. The highest BCUT2D eigenvalue weighted by atomic mass is 16.5. The molecule has 0 saturated heterocycles. The third-order valence-electron chi connectivity index (χ3n) is 0.992. The number of amides is 1. The van der Waals surface area contributed by atoms with Gasteiger partial charge >= 0.3 is 17.8 Å². The zero-order valence-electron chi connectivity index (χ0n) is 6.75. The lowest BCUT2D eigenvalue weighted by Gasteiger charge is -2.00. The predicted octanol–water partition coefficient (Wildman–Crippen LogP) is -1.55. The molecule has 0 aliphatic rings. The summed E-state index contributed by atoms with van der Waals surface area (Å²) in [6, 6.07) is 0. The molecule has 0 saturated carbocycles. The zero-order valence-corrected chi connectivity index (χ0v) is 6.75. The highest BCUT2D eigenvalue weighted by Crippen LogP contribution is 1.75. The number of carbonyl (C=O) groups excluding carboxylic acids is 3. The fourth-order valence-electron chi connectivity index (χ4n) is 0.389. The second-order valence-corrected chi connectivity index (χ2v) is 1.75. The van der Waals surface area contributed by atoms with Gasteiger partial charge in [0, 0.05) is 0 Å². The SMILES string of the molecule is COC(=O)CNC(=O)C(=O)OC. The van der Waals surface area contributed by atoms with Crippen LogP contribution in [-0.4, -0.2) is 38.6 Å². The second-order valence-electron chi connectivity index (χ2n) is 1.75. The molecule has 0 aromatic heterocycles. The van der Waals surface area contributed by atoms with Crippen LogP contribution in [0, 0.1) is 0 Å². The van der Waals surface area contributed by atoms with Gasteiger partial charge in [0.2, 0.25) is 0 Å².